The van der Waals surface area contributed by atoms with E-state index in [0.29, 0.717) is 17.1 Å². The number of carbonyl (C=O) groups excluding carboxylic acids is 1. The SMILES string of the molecule is Nc1ccc(C2=Nn3c(cc4ccccc43)C2=O)cc1. The van der Waals surface area contributed by atoms with Crippen molar-refractivity contribution in [2.45, 2.75) is 0 Å². The Balaban J connectivity index is 1.91. The molecule has 0 fully saturated rings. The first kappa shape index (κ1) is 11.0. The second kappa shape index (κ2) is 3.81. The van der Waals surface area contributed by atoms with Gasteiger partial charge in [0.1, 0.15) is 11.4 Å². The van der Waals surface area contributed by atoms with Crippen molar-refractivity contribution in [3.05, 3.63) is 65.9 Å². The molecule has 0 bridgehead atoms. The second-order valence-corrected chi connectivity index (χ2v) is 4.80. The molecule has 4 heteroatoms. The summed E-state index contributed by atoms with van der Waals surface area (Å²) >= 11 is 0. The highest BCUT2D eigenvalue weighted by Crippen LogP contribution is 2.26. The van der Waals surface area contributed by atoms with E-state index in [1.807, 2.05) is 42.5 Å². The average molecular weight is 261 g/mol. The van der Waals surface area contributed by atoms with Gasteiger partial charge >= 0.3 is 0 Å². The van der Waals surface area contributed by atoms with Crippen LogP contribution in [0.2, 0.25) is 0 Å². The predicted octanol–water partition coefficient (Wildman–Crippen LogP) is 2.67. The van der Waals surface area contributed by atoms with E-state index < -0.39 is 0 Å². The summed E-state index contributed by atoms with van der Waals surface area (Å²) in [6.07, 6.45) is 0. The number of ketones is 1. The summed E-state index contributed by atoms with van der Waals surface area (Å²) in [4.78, 5) is 12.5. The van der Waals surface area contributed by atoms with Gasteiger partial charge in [-0.15, -0.1) is 0 Å². The van der Waals surface area contributed by atoms with Gasteiger partial charge in [0.2, 0.25) is 5.78 Å². The van der Waals surface area contributed by atoms with Crippen LogP contribution in [0.1, 0.15) is 16.1 Å². The van der Waals surface area contributed by atoms with Crippen LogP contribution in [0, 0.1) is 0 Å². The molecule has 0 amide bonds. The monoisotopic (exact) mass is 261 g/mol. The minimum absolute atomic E-state index is 0.0500. The molecule has 0 atom stereocenters. The number of rotatable bonds is 1. The molecule has 1 aliphatic rings. The molecule has 0 spiro atoms. The highest BCUT2D eigenvalue weighted by Gasteiger charge is 2.27. The van der Waals surface area contributed by atoms with Crippen molar-refractivity contribution in [2.24, 2.45) is 5.10 Å². The number of Topliss-reactive ketones (excluding diaryl/α,β-unsaturated/α-hetero) is 1. The normalized spacial score (nSPS) is 13.6. The first-order valence-electron chi connectivity index (χ1n) is 6.34. The summed E-state index contributed by atoms with van der Waals surface area (Å²) in [6.45, 7) is 0. The molecule has 2 heterocycles. The zero-order valence-electron chi connectivity index (χ0n) is 10.6. The van der Waals surface area contributed by atoms with Crippen LogP contribution >= 0.6 is 0 Å². The molecule has 96 valence electrons. The third-order valence-corrected chi connectivity index (χ3v) is 3.52. The third-order valence-electron chi connectivity index (χ3n) is 3.52. The van der Waals surface area contributed by atoms with E-state index in [9.17, 15) is 4.79 Å². The summed E-state index contributed by atoms with van der Waals surface area (Å²) in [5.41, 5.74) is 9.15. The molecule has 4 nitrogen and oxygen atoms in total. The highest BCUT2D eigenvalue weighted by atomic mass is 16.1. The lowest BCUT2D eigenvalue weighted by Gasteiger charge is -1.99. The van der Waals surface area contributed by atoms with Gasteiger partial charge in [-0.1, -0.05) is 30.3 Å². The Morgan fingerprint density at radius 1 is 1.00 bits per heavy atom. The van der Waals surface area contributed by atoms with Crippen molar-refractivity contribution in [3.63, 3.8) is 0 Å². The van der Waals surface area contributed by atoms with Gasteiger partial charge in [-0.2, -0.15) is 5.10 Å². The topological polar surface area (TPSA) is 60.4 Å². The third kappa shape index (κ3) is 1.42. The number of hydrogen-bond donors (Lipinski definition) is 1. The molecular formula is C16H11N3O. The van der Waals surface area contributed by atoms with Crippen molar-refractivity contribution in [1.82, 2.24) is 4.68 Å². The lowest BCUT2D eigenvalue weighted by atomic mass is 10.0. The van der Waals surface area contributed by atoms with Gasteiger partial charge in [0, 0.05) is 16.6 Å². The second-order valence-electron chi connectivity index (χ2n) is 4.80. The summed E-state index contributed by atoms with van der Waals surface area (Å²) in [5.74, 6) is -0.0500. The maximum atomic E-state index is 12.5. The van der Waals surface area contributed by atoms with Crippen LogP contribution < -0.4 is 5.73 Å². The fourth-order valence-electron chi connectivity index (χ4n) is 2.51. The van der Waals surface area contributed by atoms with Crippen LogP contribution in [0.25, 0.3) is 10.9 Å². The number of benzene rings is 2. The number of carbonyl (C=O) groups is 1. The smallest absolute Gasteiger partial charge is 0.232 e. The highest BCUT2D eigenvalue weighted by molar-refractivity contribution is 6.52. The van der Waals surface area contributed by atoms with Gasteiger partial charge in [0.05, 0.1) is 5.52 Å². The largest absolute Gasteiger partial charge is 0.399 e. The van der Waals surface area contributed by atoms with Crippen LogP contribution in [0.15, 0.2) is 59.7 Å². The Labute approximate surface area is 115 Å². The first-order valence-corrected chi connectivity index (χ1v) is 6.34. The fraction of sp³-hybridized carbons (Fsp3) is 0. The van der Waals surface area contributed by atoms with Crippen molar-refractivity contribution >= 4 is 28.1 Å². The molecule has 0 saturated carbocycles. The zero-order valence-corrected chi connectivity index (χ0v) is 10.6. The predicted molar refractivity (Wildman–Crippen MR) is 79.1 cm³/mol. The zero-order chi connectivity index (χ0) is 13.7. The lowest BCUT2D eigenvalue weighted by molar-refractivity contribution is 0.106. The summed E-state index contributed by atoms with van der Waals surface area (Å²) in [7, 11) is 0. The van der Waals surface area contributed by atoms with E-state index in [2.05, 4.69) is 5.10 Å². The standard InChI is InChI=1S/C16H11N3O/c17-12-7-5-10(6-8-12)15-16(20)14-9-11-3-1-2-4-13(11)19(14)18-15/h1-9H,17H2. The minimum atomic E-state index is -0.0500. The van der Waals surface area contributed by atoms with Crippen molar-refractivity contribution < 1.29 is 4.79 Å². The molecular weight excluding hydrogens is 250 g/mol. The molecule has 0 aliphatic carbocycles. The van der Waals surface area contributed by atoms with Gasteiger partial charge in [0.15, 0.2) is 0 Å². The van der Waals surface area contributed by atoms with Crippen molar-refractivity contribution in [2.75, 3.05) is 5.73 Å². The van der Waals surface area contributed by atoms with Crippen LogP contribution in [0.5, 0.6) is 0 Å². The van der Waals surface area contributed by atoms with Crippen molar-refractivity contribution in [1.29, 1.82) is 0 Å². The number of nitrogen functional groups attached to an aromatic ring is 1. The van der Waals surface area contributed by atoms with Crippen LogP contribution in [-0.2, 0) is 0 Å². The van der Waals surface area contributed by atoms with Gasteiger partial charge in [-0.05, 0) is 24.3 Å². The number of nitrogens with zero attached hydrogens (tertiary/aromatic N) is 2. The molecule has 0 saturated heterocycles. The van der Waals surface area contributed by atoms with E-state index >= 15 is 0 Å². The Hall–Kier alpha value is -2.88. The molecule has 2 N–H and O–H groups in total. The molecule has 0 radical (unpaired) electrons. The maximum absolute atomic E-state index is 12.5. The molecule has 4 rings (SSSR count). The van der Waals surface area contributed by atoms with Gasteiger partial charge in [-0.3, -0.25) is 4.79 Å². The molecule has 3 aromatic rings. The Morgan fingerprint density at radius 3 is 2.55 bits per heavy atom. The molecule has 2 aromatic carbocycles. The molecule has 0 unspecified atom stereocenters. The number of hydrogen-bond acceptors (Lipinski definition) is 3. The van der Waals surface area contributed by atoms with Gasteiger partial charge < -0.3 is 5.73 Å². The number of aromatic nitrogens is 1. The number of para-hydroxylation sites is 1. The van der Waals surface area contributed by atoms with Crippen LogP contribution in [0.3, 0.4) is 0 Å². The van der Waals surface area contributed by atoms with E-state index in [1.54, 1.807) is 16.8 Å². The van der Waals surface area contributed by atoms with Gasteiger partial charge in [-0.25, -0.2) is 4.68 Å². The van der Waals surface area contributed by atoms with Gasteiger partial charge in [0.25, 0.3) is 0 Å². The first-order chi connectivity index (χ1) is 9.74. The molecule has 20 heavy (non-hydrogen) atoms. The fourth-order valence-corrected chi connectivity index (χ4v) is 2.51. The molecule has 1 aliphatic heterocycles. The Kier molecular flexibility index (Phi) is 2.09. The van der Waals surface area contributed by atoms with E-state index in [-0.39, 0.29) is 5.78 Å². The number of fused-ring (bicyclic) bond motifs is 3. The van der Waals surface area contributed by atoms with E-state index in [4.69, 9.17) is 5.73 Å². The van der Waals surface area contributed by atoms with Crippen molar-refractivity contribution in [3.8, 4) is 0 Å². The van der Waals surface area contributed by atoms with E-state index in [0.717, 1.165) is 16.5 Å². The Morgan fingerprint density at radius 2 is 1.75 bits per heavy atom. The summed E-state index contributed by atoms with van der Waals surface area (Å²) < 4.78 is 1.71. The maximum Gasteiger partial charge on any atom is 0.232 e. The summed E-state index contributed by atoms with van der Waals surface area (Å²) in [5, 5.41) is 5.49. The number of nitrogens with two attached hydrogens (primary N) is 1. The average Bonchev–Trinajstić information content (AvgIpc) is 2.98. The number of anilines is 1. The van der Waals surface area contributed by atoms with Crippen LogP contribution in [0.4, 0.5) is 5.69 Å². The molecule has 1 aromatic heterocycles. The minimum Gasteiger partial charge on any atom is -0.399 e. The quantitative estimate of drug-likeness (QED) is 0.684. The van der Waals surface area contributed by atoms with E-state index in [1.165, 1.54) is 0 Å². The summed E-state index contributed by atoms with van der Waals surface area (Å²) in [6, 6.07) is 16.9. The Bertz CT molecular complexity index is 872. The van der Waals surface area contributed by atoms with Crippen LogP contribution in [-0.4, -0.2) is 16.2 Å². The lowest BCUT2D eigenvalue weighted by Crippen LogP contribution is -2.10.